The fraction of sp³-hybridized carbons (Fsp3) is 0.143. The molecule has 0 unspecified atom stereocenters. The Labute approximate surface area is 106 Å². The summed E-state index contributed by atoms with van der Waals surface area (Å²) in [5, 5.41) is 0. The van der Waals surface area contributed by atoms with Crippen LogP contribution in [0.5, 0.6) is 0 Å². The van der Waals surface area contributed by atoms with Gasteiger partial charge >= 0.3 is 0 Å². The van der Waals surface area contributed by atoms with Crippen LogP contribution >= 0.6 is 11.8 Å². The maximum absolute atomic E-state index is 6.03. The van der Waals surface area contributed by atoms with E-state index in [9.17, 15) is 0 Å². The van der Waals surface area contributed by atoms with Crippen LogP contribution in [0.15, 0.2) is 47.4 Å². The van der Waals surface area contributed by atoms with Gasteiger partial charge < -0.3 is 11.5 Å². The number of nitrogen functional groups attached to an aromatic ring is 2. The van der Waals surface area contributed by atoms with E-state index in [1.54, 1.807) is 11.8 Å². The molecule has 2 nitrogen and oxygen atoms in total. The first-order chi connectivity index (χ1) is 8.22. The number of thioether (sulfide) groups is 1. The van der Waals surface area contributed by atoms with E-state index in [4.69, 9.17) is 11.5 Å². The summed E-state index contributed by atoms with van der Waals surface area (Å²) in [5.74, 6) is 1.02. The molecule has 2 aromatic carbocycles. The fourth-order valence-corrected chi connectivity index (χ4v) is 2.46. The first-order valence-corrected chi connectivity index (χ1v) is 6.58. The fourth-order valence-electron chi connectivity index (χ4n) is 1.76. The van der Waals surface area contributed by atoms with Crippen molar-refractivity contribution in [3.05, 3.63) is 42.5 Å². The van der Waals surface area contributed by atoms with Gasteiger partial charge in [-0.05, 0) is 29.5 Å². The van der Waals surface area contributed by atoms with Gasteiger partial charge in [-0.25, -0.2) is 0 Å². The smallest absolute Gasteiger partial charge is 0.0458 e. The number of rotatable bonds is 3. The lowest BCUT2D eigenvalue weighted by atomic mass is 10.0. The van der Waals surface area contributed by atoms with Crippen LogP contribution in [0.4, 0.5) is 11.4 Å². The van der Waals surface area contributed by atoms with Crippen LogP contribution in [0.25, 0.3) is 11.1 Å². The zero-order valence-electron chi connectivity index (χ0n) is 9.81. The van der Waals surface area contributed by atoms with Gasteiger partial charge in [0.15, 0.2) is 0 Å². The number of hydrogen-bond acceptors (Lipinski definition) is 3. The Kier molecular flexibility index (Phi) is 3.59. The molecule has 0 bridgehead atoms. The second-order valence-corrected chi connectivity index (χ2v) is 5.08. The van der Waals surface area contributed by atoms with E-state index in [2.05, 4.69) is 19.1 Å². The van der Waals surface area contributed by atoms with E-state index in [-0.39, 0.29) is 0 Å². The maximum atomic E-state index is 6.03. The summed E-state index contributed by atoms with van der Waals surface area (Å²) >= 11 is 1.75. The van der Waals surface area contributed by atoms with Crippen molar-refractivity contribution in [2.24, 2.45) is 0 Å². The zero-order valence-corrected chi connectivity index (χ0v) is 10.6. The SMILES string of the molecule is CCSc1ccc(-c2ccccc2N)cc1N. The van der Waals surface area contributed by atoms with E-state index in [1.807, 2.05) is 30.3 Å². The average molecular weight is 244 g/mol. The third-order valence-electron chi connectivity index (χ3n) is 2.58. The van der Waals surface area contributed by atoms with Gasteiger partial charge in [0.05, 0.1) is 0 Å². The van der Waals surface area contributed by atoms with Gasteiger partial charge in [0.2, 0.25) is 0 Å². The highest BCUT2D eigenvalue weighted by Gasteiger charge is 2.05. The molecule has 0 radical (unpaired) electrons. The summed E-state index contributed by atoms with van der Waals surface area (Å²) < 4.78 is 0. The summed E-state index contributed by atoms with van der Waals surface area (Å²) in [4.78, 5) is 1.13. The third kappa shape index (κ3) is 2.56. The highest BCUT2D eigenvalue weighted by atomic mass is 32.2. The maximum Gasteiger partial charge on any atom is 0.0458 e. The van der Waals surface area contributed by atoms with Crippen molar-refractivity contribution >= 4 is 23.1 Å². The third-order valence-corrected chi connectivity index (χ3v) is 3.55. The number of nitrogens with two attached hydrogens (primary N) is 2. The minimum atomic E-state index is 0.780. The standard InChI is InChI=1S/C14H16N2S/c1-2-17-14-8-7-10(9-13(14)16)11-5-3-4-6-12(11)15/h3-9H,2,15-16H2,1H3. The van der Waals surface area contributed by atoms with Crippen LogP contribution in [0.1, 0.15) is 6.92 Å². The number of benzene rings is 2. The highest BCUT2D eigenvalue weighted by Crippen LogP contribution is 2.32. The lowest BCUT2D eigenvalue weighted by Crippen LogP contribution is -1.92. The Balaban J connectivity index is 2.41. The Hall–Kier alpha value is -1.61. The van der Waals surface area contributed by atoms with Crippen LogP contribution in [0, 0.1) is 0 Å². The average Bonchev–Trinajstić information content (AvgIpc) is 2.33. The molecule has 0 aliphatic heterocycles. The van der Waals surface area contributed by atoms with Gasteiger partial charge in [-0.1, -0.05) is 31.2 Å². The molecule has 0 aliphatic rings. The molecule has 0 amide bonds. The molecule has 4 N–H and O–H groups in total. The van der Waals surface area contributed by atoms with Crippen LogP contribution in [0.2, 0.25) is 0 Å². The predicted octanol–water partition coefficient (Wildman–Crippen LogP) is 3.63. The summed E-state index contributed by atoms with van der Waals surface area (Å²) in [6.45, 7) is 2.12. The molecule has 2 rings (SSSR count). The molecule has 0 aromatic heterocycles. The van der Waals surface area contributed by atoms with Gasteiger partial charge in [0.25, 0.3) is 0 Å². The summed E-state index contributed by atoms with van der Waals surface area (Å²) in [6, 6.07) is 14.0. The zero-order chi connectivity index (χ0) is 12.3. The molecule has 0 saturated heterocycles. The largest absolute Gasteiger partial charge is 0.398 e. The van der Waals surface area contributed by atoms with E-state index in [0.717, 1.165) is 33.2 Å². The molecule has 0 spiro atoms. The second kappa shape index (κ2) is 5.15. The number of hydrogen-bond donors (Lipinski definition) is 2. The predicted molar refractivity (Wildman–Crippen MR) is 77.1 cm³/mol. The molecule has 88 valence electrons. The van der Waals surface area contributed by atoms with E-state index < -0.39 is 0 Å². The van der Waals surface area contributed by atoms with Crippen molar-refractivity contribution in [2.45, 2.75) is 11.8 Å². The topological polar surface area (TPSA) is 52.0 Å². The van der Waals surface area contributed by atoms with Gasteiger partial charge in [0, 0.05) is 21.8 Å². The van der Waals surface area contributed by atoms with Crippen LogP contribution in [-0.2, 0) is 0 Å². The molecule has 0 atom stereocenters. The van der Waals surface area contributed by atoms with Gasteiger partial charge in [-0.15, -0.1) is 11.8 Å². The Morgan fingerprint density at radius 2 is 1.76 bits per heavy atom. The van der Waals surface area contributed by atoms with E-state index >= 15 is 0 Å². The van der Waals surface area contributed by atoms with Gasteiger partial charge in [0.1, 0.15) is 0 Å². The summed E-state index contributed by atoms with van der Waals surface area (Å²) in [7, 11) is 0. The summed E-state index contributed by atoms with van der Waals surface area (Å²) in [6.07, 6.45) is 0. The molecule has 0 fully saturated rings. The quantitative estimate of drug-likeness (QED) is 0.640. The molecule has 3 heteroatoms. The highest BCUT2D eigenvalue weighted by molar-refractivity contribution is 7.99. The molecule has 0 heterocycles. The lowest BCUT2D eigenvalue weighted by molar-refractivity contribution is 1.43. The van der Waals surface area contributed by atoms with E-state index in [0.29, 0.717) is 0 Å². The second-order valence-electron chi connectivity index (χ2n) is 3.77. The van der Waals surface area contributed by atoms with Crippen LogP contribution in [-0.4, -0.2) is 5.75 Å². The lowest BCUT2D eigenvalue weighted by Gasteiger charge is -2.09. The molecule has 0 aliphatic carbocycles. The number of para-hydroxylation sites is 1. The first-order valence-electron chi connectivity index (χ1n) is 5.59. The Morgan fingerprint density at radius 3 is 2.41 bits per heavy atom. The van der Waals surface area contributed by atoms with Gasteiger partial charge in [-0.2, -0.15) is 0 Å². The molecular formula is C14H16N2S. The van der Waals surface area contributed by atoms with Crippen molar-refractivity contribution in [2.75, 3.05) is 17.2 Å². The van der Waals surface area contributed by atoms with Crippen molar-refractivity contribution in [3.8, 4) is 11.1 Å². The summed E-state index contributed by atoms with van der Waals surface area (Å²) in [5.41, 5.74) is 15.7. The Bertz CT molecular complexity index is 523. The minimum Gasteiger partial charge on any atom is -0.398 e. The van der Waals surface area contributed by atoms with Crippen LogP contribution < -0.4 is 11.5 Å². The molecule has 17 heavy (non-hydrogen) atoms. The molecule has 2 aromatic rings. The number of anilines is 2. The molecule has 0 saturated carbocycles. The van der Waals surface area contributed by atoms with Crippen molar-refractivity contribution in [1.82, 2.24) is 0 Å². The molecular weight excluding hydrogens is 228 g/mol. The Morgan fingerprint density at radius 1 is 1.00 bits per heavy atom. The van der Waals surface area contributed by atoms with Crippen LogP contribution in [0.3, 0.4) is 0 Å². The first kappa shape index (κ1) is 11.9. The normalized spacial score (nSPS) is 10.4. The van der Waals surface area contributed by atoms with Crippen molar-refractivity contribution in [3.63, 3.8) is 0 Å². The monoisotopic (exact) mass is 244 g/mol. The minimum absolute atomic E-state index is 0.780. The van der Waals surface area contributed by atoms with Gasteiger partial charge in [-0.3, -0.25) is 0 Å². The van der Waals surface area contributed by atoms with E-state index in [1.165, 1.54) is 0 Å². The van der Waals surface area contributed by atoms with Crippen molar-refractivity contribution < 1.29 is 0 Å². The van der Waals surface area contributed by atoms with Crippen molar-refractivity contribution in [1.29, 1.82) is 0 Å².